The molecule has 1 saturated heterocycles. The number of imide groups is 1. The van der Waals surface area contributed by atoms with Crippen molar-refractivity contribution in [3.8, 4) is 17.9 Å². The average Bonchev–Trinajstić information content (AvgIpc) is 3.10. The van der Waals surface area contributed by atoms with Crippen molar-refractivity contribution in [1.29, 1.82) is 5.26 Å². The van der Waals surface area contributed by atoms with E-state index in [1.54, 1.807) is 25.2 Å². The van der Waals surface area contributed by atoms with E-state index in [-0.39, 0.29) is 37.0 Å². The highest BCUT2D eigenvalue weighted by Gasteiger charge is 2.31. The molecule has 0 radical (unpaired) electrons. The van der Waals surface area contributed by atoms with E-state index in [4.69, 9.17) is 9.47 Å². The molecule has 2 amide bonds. The number of amides is 2. The van der Waals surface area contributed by atoms with Crippen molar-refractivity contribution < 1.29 is 23.9 Å². The standard InChI is InChI=1S/C26H30N4O6/c1-17(2)16-36-25(33)19(15-27)9-6-14-35-13-5-8-18-7-4-10-20-23(18)29(3)26(34)30(20)21-11-12-22(31)28-24(21)32/h4,7,10,17,19,21H,6,9,11-14,16H2,1-3H3,(H,28,31,32). The van der Waals surface area contributed by atoms with Gasteiger partial charge in [0.05, 0.1) is 29.3 Å². The minimum atomic E-state index is -0.814. The van der Waals surface area contributed by atoms with Gasteiger partial charge in [-0.15, -0.1) is 0 Å². The lowest BCUT2D eigenvalue weighted by Gasteiger charge is -2.21. The molecule has 1 aliphatic rings. The number of rotatable bonds is 9. The summed E-state index contributed by atoms with van der Waals surface area (Å²) in [6.07, 6.45) is 1.28. The normalized spacial score (nSPS) is 16.2. The van der Waals surface area contributed by atoms with E-state index in [1.165, 1.54) is 9.13 Å². The topological polar surface area (TPSA) is 132 Å². The summed E-state index contributed by atoms with van der Waals surface area (Å²) < 4.78 is 13.5. The van der Waals surface area contributed by atoms with Gasteiger partial charge in [-0.05, 0) is 37.3 Å². The maximum Gasteiger partial charge on any atom is 0.329 e. The molecule has 2 heterocycles. The first-order chi connectivity index (χ1) is 17.2. The summed E-state index contributed by atoms with van der Waals surface area (Å²) in [7, 11) is 1.62. The third-order valence-corrected chi connectivity index (χ3v) is 5.80. The van der Waals surface area contributed by atoms with E-state index in [2.05, 4.69) is 17.2 Å². The summed E-state index contributed by atoms with van der Waals surface area (Å²) in [5, 5.41) is 11.5. The van der Waals surface area contributed by atoms with Crippen molar-refractivity contribution >= 4 is 28.8 Å². The number of nitriles is 1. The number of ether oxygens (including phenoxy) is 2. The summed E-state index contributed by atoms with van der Waals surface area (Å²) in [4.78, 5) is 48.7. The van der Waals surface area contributed by atoms with E-state index in [1.807, 2.05) is 19.9 Å². The zero-order chi connectivity index (χ0) is 26.2. The second-order valence-electron chi connectivity index (χ2n) is 9.05. The highest BCUT2D eigenvalue weighted by Crippen LogP contribution is 2.24. The van der Waals surface area contributed by atoms with E-state index in [9.17, 15) is 24.4 Å². The smallest absolute Gasteiger partial charge is 0.329 e. The van der Waals surface area contributed by atoms with Crippen molar-refractivity contribution in [2.24, 2.45) is 18.9 Å². The van der Waals surface area contributed by atoms with Crippen LogP contribution in [0, 0.1) is 35.0 Å². The number of piperidine rings is 1. The van der Waals surface area contributed by atoms with Crippen molar-refractivity contribution in [3.63, 3.8) is 0 Å². The Labute approximate surface area is 209 Å². The van der Waals surface area contributed by atoms with Crippen LogP contribution in [0.2, 0.25) is 0 Å². The Bertz CT molecular complexity index is 1300. The molecule has 10 heteroatoms. The maximum atomic E-state index is 12.9. The molecule has 0 saturated carbocycles. The fraction of sp³-hybridized carbons (Fsp3) is 0.500. The second-order valence-corrected chi connectivity index (χ2v) is 9.05. The van der Waals surface area contributed by atoms with Crippen LogP contribution in [0.3, 0.4) is 0 Å². The van der Waals surface area contributed by atoms with E-state index in [0.29, 0.717) is 42.7 Å². The molecule has 2 atom stereocenters. The quantitative estimate of drug-likeness (QED) is 0.243. The zero-order valence-electron chi connectivity index (χ0n) is 20.7. The number of imidazole rings is 1. The molecule has 3 rings (SSSR count). The molecule has 36 heavy (non-hydrogen) atoms. The van der Waals surface area contributed by atoms with Crippen LogP contribution in [0.5, 0.6) is 0 Å². The van der Waals surface area contributed by atoms with E-state index < -0.39 is 23.8 Å². The molecule has 0 spiro atoms. The van der Waals surface area contributed by atoms with Crippen molar-refractivity contribution in [2.45, 2.75) is 45.6 Å². The van der Waals surface area contributed by atoms with Crippen LogP contribution < -0.4 is 11.0 Å². The van der Waals surface area contributed by atoms with E-state index in [0.717, 1.165) is 0 Å². The molecule has 2 aromatic rings. The molecule has 2 unspecified atom stereocenters. The SMILES string of the molecule is CC(C)COC(=O)C(C#N)CCCOCC#Cc1cccc2c1n(C)c(=O)n2C1CCC(=O)NC1=O. The third-order valence-electron chi connectivity index (χ3n) is 5.80. The number of nitrogens with zero attached hydrogens (tertiary/aromatic N) is 3. The molecule has 1 aromatic carbocycles. The van der Waals surface area contributed by atoms with Crippen LogP contribution in [0.15, 0.2) is 23.0 Å². The van der Waals surface area contributed by atoms with Crippen LogP contribution >= 0.6 is 0 Å². The summed E-state index contributed by atoms with van der Waals surface area (Å²) in [6.45, 7) is 4.61. The Morgan fingerprint density at radius 2 is 2.06 bits per heavy atom. The summed E-state index contributed by atoms with van der Waals surface area (Å²) in [5.41, 5.74) is 1.41. The van der Waals surface area contributed by atoms with Crippen LogP contribution in [-0.4, -0.2) is 46.7 Å². The van der Waals surface area contributed by atoms with Gasteiger partial charge in [0.25, 0.3) is 0 Å². The molecular weight excluding hydrogens is 464 g/mol. The predicted molar refractivity (Wildman–Crippen MR) is 130 cm³/mol. The highest BCUT2D eigenvalue weighted by molar-refractivity contribution is 6.00. The van der Waals surface area contributed by atoms with Gasteiger partial charge in [-0.25, -0.2) is 4.79 Å². The molecule has 0 bridgehead atoms. The average molecular weight is 495 g/mol. The number of esters is 1. The minimum absolute atomic E-state index is 0.132. The van der Waals surface area contributed by atoms with Gasteiger partial charge in [0.1, 0.15) is 18.6 Å². The van der Waals surface area contributed by atoms with Crippen molar-refractivity contribution in [1.82, 2.24) is 14.5 Å². The van der Waals surface area contributed by atoms with Gasteiger partial charge in [0, 0.05) is 20.1 Å². The molecule has 1 aliphatic heterocycles. The number of fused-ring (bicyclic) bond motifs is 1. The Balaban J connectivity index is 1.61. The fourth-order valence-electron chi connectivity index (χ4n) is 4.00. The number of para-hydroxylation sites is 1. The van der Waals surface area contributed by atoms with Crippen molar-refractivity contribution in [2.75, 3.05) is 19.8 Å². The number of aromatic nitrogens is 2. The first-order valence-electron chi connectivity index (χ1n) is 11.9. The largest absolute Gasteiger partial charge is 0.464 e. The lowest BCUT2D eigenvalue weighted by molar-refractivity contribution is -0.148. The minimum Gasteiger partial charge on any atom is -0.464 e. The number of benzene rings is 1. The number of carbonyl (C=O) groups is 3. The molecular formula is C26H30N4O6. The number of carbonyl (C=O) groups excluding carboxylic acids is 3. The number of aryl methyl sites for hydroxylation is 1. The molecule has 1 fully saturated rings. The van der Waals surface area contributed by atoms with E-state index >= 15 is 0 Å². The highest BCUT2D eigenvalue weighted by atomic mass is 16.5. The van der Waals surface area contributed by atoms with Gasteiger partial charge in [-0.1, -0.05) is 31.8 Å². The number of hydrogen-bond acceptors (Lipinski definition) is 7. The molecule has 10 nitrogen and oxygen atoms in total. The Hall–Kier alpha value is -3.89. The van der Waals surface area contributed by atoms with Gasteiger partial charge in [0.15, 0.2) is 0 Å². The lowest BCUT2D eigenvalue weighted by atomic mass is 10.1. The number of nitrogens with one attached hydrogen (secondary N) is 1. The van der Waals surface area contributed by atoms with Crippen LogP contribution in [0.1, 0.15) is 51.1 Å². The maximum absolute atomic E-state index is 12.9. The molecule has 0 aliphatic carbocycles. The van der Waals surface area contributed by atoms with Crippen LogP contribution in [0.4, 0.5) is 0 Å². The third kappa shape index (κ3) is 6.21. The molecule has 190 valence electrons. The second kappa shape index (κ2) is 12.2. The van der Waals surface area contributed by atoms with Crippen LogP contribution in [0.25, 0.3) is 11.0 Å². The van der Waals surface area contributed by atoms with Crippen molar-refractivity contribution in [3.05, 3.63) is 34.2 Å². The monoisotopic (exact) mass is 494 g/mol. The van der Waals surface area contributed by atoms with Gasteiger partial charge < -0.3 is 9.47 Å². The Morgan fingerprint density at radius 1 is 1.28 bits per heavy atom. The summed E-state index contributed by atoms with van der Waals surface area (Å²) in [6, 6.07) is 6.51. The Kier molecular flexibility index (Phi) is 9.04. The molecule has 1 N–H and O–H groups in total. The molecule has 1 aromatic heterocycles. The number of hydrogen-bond donors (Lipinski definition) is 1. The lowest BCUT2D eigenvalue weighted by Crippen LogP contribution is -2.44. The van der Waals surface area contributed by atoms with Gasteiger partial charge in [-0.2, -0.15) is 5.26 Å². The Morgan fingerprint density at radius 3 is 2.75 bits per heavy atom. The zero-order valence-corrected chi connectivity index (χ0v) is 20.7. The first-order valence-corrected chi connectivity index (χ1v) is 11.9. The predicted octanol–water partition coefficient (Wildman–Crippen LogP) is 1.80. The first kappa shape index (κ1) is 26.7. The van der Waals surface area contributed by atoms with Gasteiger partial charge >= 0.3 is 11.7 Å². The van der Waals surface area contributed by atoms with Gasteiger partial charge in [0.2, 0.25) is 11.8 Å². The van der Waals surface area contributed by atoms with Crippen LogP contribution in [-0.2, 0) is 30.9 Å². The summed E-state index contributed by atoms with van der Waals surface area (Å²) >= 11 is 0. The fourth-order valence-corrected chi connectivity index (χ4v) is 4.00. The summed E-state index contributed by atoms with van der Waals surface area (Å²) in [5.74, 6) is 4.00. The van der Waals surface area contributed by atoms with Gasteiger partial charge in [-0.3, -0.25) is 28.8 Å².